The largest absolute Gasteiger partial charge is 0.369 e. The summed E-state index contributed by atoms with van der Waals surface area (Å²) in [5.41, 5.74) is 0. The van der Waals surface area contributed by atoms with Crippen molar-refractivity contribution < 1.29 is 10.2 Å². The highest BCUT2D eigenvalue weighted by atomic mass is 28.1. The zero-order valence-corrected chi connectivity index (χ0v) is 5.18. The lowest BCUT2D eigenvalue weighted by Crippen LogP contribution is -2.00. The standard InChI is InChI=1S/C2H8O2Si/c3-2(4)1-5/h2-4H,1H2,5H3. The molecule has 0 saturated carbocycles. The summed E-state index contributed by atoms with van der Waals surface area (Å²) in [7, 11) is 0.873. The molecule has 32 valence electrons. The van der Waals surface area contributed by atoms with Gasteiger partial charge in [0.15, 0.2) is 0 Å². The van der Waals surface area contributed by atoms with E-state index in [0.717, 1.165) is 10.2 Å². The molecule has 0 bridgehead atoms. The Hall–Kier alpha value is 0.137. The zero-order chi connectivity index (χ0) is 4.28. The second kappa shape index (κ2) is 2.38. The maximum Gasteiger partial charge on any atom is 0.148 e. The van der Waals surface area contributed by atoms with Gasteiger partial charge in [-0.15, -0.1) is 0 Å². The van der Waals surface area contributed by atoms with Crippen molar-refractivity contribution in [3.8, 4) is 0 Å². The van der Waals surface area contributed by atoms with Crippen molar-refractivity contribution in [2.45, 2.75) is 12.3 Å². The molecule has 0 saturated heterocycles. The molecule has 0 aliphatic carbocycles. The van der Waals surface area contributed by atoms with Gasteiger partial charge in [-0.2, -0.15) is 0 Å². The quantitative estimate of drug-likeness (QED) is 0.292. The molecule has 0 unspecified atom stereocenters. The van der Waals surface area contributed by atoms with Gasteiger partial charge in [0.05, 0.1) is 0 Å². The van der Waals surface area contributed by atoms with Gasteiger partial charge in [-0.05, 0) is 6.04 Å². The summed E-state index contributed by atoms with van der Waals surface area (Å²) in [5.74, 6) is 0. The van der Waals surface area contributed by atoms with Gasteiger partial charge in [0.1, 0.15) is 6.29 Å². The van der Waals surface area contributed by atoms with Gasteiger partial charge in [0.2, 0.25) is 0 Å². The van der Waals surface area contributed by atoms with Gasteiger partial charge in [0.25, 0.3) is 0 Å². The minimum atomic E-state index is -1.05. The van der Waals surface area contributed by atoms with Crippen LogP contribution < -0.4 is 0 Å². The zero-order valence-electron chi connectivity index (χ0n) is 3.18. The van der Waals surface area contributed by atoms with Gasteiger partial charge in [-0.3, -0.25) is 0 Å². The number of hydrogen-bond acceptors (Lipinski definition) is 2. The molecule has 0 aliphatic rings. The average Bonchev–Trinajstić information content (AvgIpc) is 1.38. The van der Waals surface area contributed by atoms with Crippen LogP contribution in [0, 0.1) is 0 Å². The summed E-state index contributed by atoms with van der Waals surface area (Å²) >= 11 is 0. The Morgan fingerprint density at radius 1 is 1.60 bits per heavy atom. The molecule has 5 heavy (non-hydrogen) atoms. The third-order valence-electron chi connectivity index (χ3n) is 0.365. The van der Waals surface area contributed by atoms with E-state index in [1.165, 1.54) is 0 Å². The maximum atomic E-state index is 7.95. The van der Waals surface area contributed by atoms with Crippen LogP contribution in [-0.4, -0.2) is 26.7 Å². The van der Waals surface area contributed by atoms with Crippen LogP contribution in [0.5, 0.6) is 0 Å². The predicted octanol–water partition coefficient (Wildman–Crippen LogP) is -1.92. The molecule has 0 spiro atoms. The summed E-state index contributed by atoms with van der Waals surface area (Å²) < 4.78 is 0. The van der Waals surface area contributed by atoms with Crippen LogP contribution in [0.2, 0.25) is 6.04 Å². The first-order valence-electron chi connectivity index (χ1n) is 1.63. The lowest BCUT2D eigenvalue weighted by molar-refractivity contribution is -0.0221. The van der Waals surface area contributed by atoms with Gasteiger partial charge < -0.3 is 10.2 Å². The van der Waals surface area contributed by atoms with Crippen LogP contribution in [0.1, 0.15) is 0 Å². The fourth-order valence-electron chi connectivity index (χ4n) is 0. The Bertz CT molecular complexity index is 21.6. The highest BCUT2D eigenvalue weighted by Gasteiger charge is 1.83. The first kappa shape index (κ1) is 5.14. The molecular weight excluding hydrogens is 84.1 g/mol. The molecular formula is C2H8O2Si. The first-order chi connectivity index (χ1) is 2.27. The normalized spacial score (nSPS) is 10.2. The predicted molar refractivity (Wildman–Crippen MR) is 23.0 cm³/mol. The van der Waals surface area contributed by atoms with Crippen molar-refractivity contribution in [2.75, 3.05) is 0 Å². The lowest BCUT2D eigenvalue weighted by atomic mass is 10.8. The fraction of sp³-hybridized carbons (Fsp3) is 1.00. The number of rotatable bonds is 1. The van der Waals surface area contributed by atoms with Crippen molar-refractivity contribution in [1.82, 2.24) is 0 Å². The van der Waals surface area contributed by atoms with Gasteiger partial charge in [-0.25, -0.2) is 0 Å². The molecule has 0 rings (SSSR count). The van der Waals surface area contributed by atoms with E-state index in [1.807, 2.05) is 0 Å². The Kier molecular flexibility index (Phi) is 2.44. The summed E-state index contributed by atoms with van der Waals surface area (Å²) in [5, 5.41) is 15.9. The van der Waals surface area contributed by atoms with E-state index in [2.05, 4.69) is 0 Å². The Morgan fingerprint density at radius 2 is 1.80 bits per heavy atom. The second-order valence-electron chi connectivity index (χ2n) is 0.889. The fourth-order valence-corrected chi connectivity index (χ4v) is 0. The van der Waals surface area contributed by atoms with E-state index in [4.69, 9.17) is 10.2 Å². The molecule has 0 aromatic rings. The molecule has 0 aromatic heterocycles. The van der Waals surface area contributed by atoms with E-state index in [1.54, 1.807) is 0 Å². The van der Waals surface area contributed by atoms with E-state index < -0.39 is 6.29 Å². The van der Waals surface area contributed by atoms with Crippen LogP contribution in [-0.2, 0) is 0 Å². The Morgan fingerprint density at radius 3 is 1.80 bits per heavy atom. The van der Waals surface area contributed by atoms with Crippen molar-refractivity contribution in [3.05, 3.63) is 0 Å². The Balaban J connectivity index is 2.54. The molecule has 2 N–H and O–H groups in total. The number of aliphatic hydroxyl groups excluding tert-OH is 1. The van der Waals surface area contributed by atoms with E-state index in [9.17, 15) is 0 Å². The average molecular weight is 92.2 g/mol. The van der Waals surface area contributed by atoms with E-state index in [0.29, 0.717) is 6.04 Å². The molecule has 2 nitrogen and oxygen atoms in total. The molecule has 0 amide bonds. The van der Waals surface area contributed by atoms with Crippen LogP contribution >= 0.6 is 0 Å². The first-order valence-corrected chi connectivity index (χ1v) is 3.05. The third-order valence-corrected chi connectivity index (χ3v) is 1.10. The molecule has 0 heterocycles. The van der Waals surface area contributed by atoms with Gasteiger partial charge >= 0.3 is 0 Å². The molecule has 3 heteroatoms. The second-order valence-corrected chi connectivity index (χ2v) is 1.71. The maximum absolute atomic E-state index is 7.95. The highest BCUT2D eigenvalue weighted by Crippen LogP contribution is 1.74. The van der Waals surface area contributed by atoms with E-state index in [-0.39, 0.29) is 0 Å². The van der Waals surface area contributed by atoms with Crippen molar-refractivity contribution in [2.24, 2.45) is 0 Å². The van der Waals surface area contributed by atoms with Crippen molar-refractivity contribution in [1.29, 1.82) is 0 Å². The molecule has 0 fully saturated rings. The van der Waals surface area contributed by atoms with E-state index >= 15 is 0 Å². The summed E-state index contributed by atoms with van der Waals surface area (Å²) in [4.78, 5) is 0. The Labute approximate surface area is 33.9 Å². The minimum Gasteiger partial charge on any atom is -0.369 e. The minimum absolute atomic E-state index is 0.556. The van der Waals surface area contributed by atoms with Crippen LogP contribution in [0.3, 0.4) is 0 Å². The number of hydrogen-bond donors (Lipinski definition) is 2. The highest BCUT2D eigenvalue weighted by molar-refractivity contribution is 6.08. The molecule has 0 atom stereocenters. The van der Waals surface area contributed by atoms with Crippen LogP contribution in [0.25, 0.3) is 0 Å². The van der Waals surface area contributed by atoms with Gasteiger partial charge in [0, 0.05) is 10.2 Å². The van der Waals surface area contributed by atoms with Crippen LogP contribution in [0.15, 0.2) is 0 Å². The van der Waals surface area contributed by atoms with Gasteiger partial charge in [-0.1, -0.05) is 0 Å². The van der Waals surface area contributed by atoms with Crippen molar-refractivity contribution >= 4 is 10.2 Å². The lowest BCUT2D eigenvalue weighted by Gasteiger charge is -1.90. The smallest absolute Gasteiger partial charge is 0.148 e. The summed E-state index contributed by atoms with van der Waals surface area (Å²) in [6.07, 6.45) is -1.05. The molecule has 0 radical (unpaired) electrons. The molecule has 0 aliphatic heterocycles. The van der Waals surface area contributed by atoms with Crippen LogP contribution in [0.4, 0.5) is 0 Å². The third kappa shape index (κ3) is 4.14. The summed E-state index contributed by atoms with van der Waals surface area (Å²) in [6.45, 7) is 0. The summed E-state index contributed by atoms with van der Waals surface area (Å²) in [6, 6.07) is 0.556. The molecule has 0 aromatic carbocycles. The van der Waals surface area contributed by atoms with Crippen molar-refractivity contribution in [3.63, 3.8) is 0 Å². The SMILES string of the molecule is OC(O)C[SiH3]. The number of aliphatic hydroxyl groups is 2. The monoisotopic (exact) mass is 92.0 g/mol. The topological polar surface area (TPSA) is 40.5 Å².